The SMILES string of the molecule is CC[N+](C)(CC)C(COC(=O)c1ccccc1)c1ccccc1. The van der Waals surface area contributed by atoms with Crippen molar-refractivity contribution in [1.82, 2.24) is 0 Å². The van der Waals surface area contributed by atoms with Gasteiger partial charge < -0.3 is 9.22 Å². The number of ether oxygens (including phenoxy) is 1. The fourth-order valence-electron chi connectivity index (χ4n) is 2.79. The highest BCUT2D eigenvalue weighted by molar-refractivity contribution is 5.89. The van der Waals surface area contributed by atoms with E-state index in [1.165, 1.54) is 5.56 Å². The predicted molar refractivity (Wildman–Crippen MR) is 93.2 cm³/mol. The number of quaternary nitrogens is 1. The Labute approximate surface area is 139 Å². The zero-order chi connectivity index (χ0) is 16.7. The van der Waals surface area contributed by atoms with E-state index in [0.29, 0.717) is 12.2 Å². The number of carbonyl (C=O) groups is 1. The topological polar surface area (TPSA) is 26.3 Å². The average Bonchev–Trinajstić information content (AvgIpc) is 2.63. The molecule has 1 atom stereocenters. The van der Waals surface area contributed by atoms with E-state index in [1.54, 1.807) is 12.1 Å². The van der Waals surface area contributed by atoms with Gasteiger partial charge in [-0.15, -0.1) is 0 Å². The van der Waals surface area contributed by atoms with Crippen LogP contribution in [0.2, 0.25) is 0 Å². The van der Waals surface area contributed by atoms with Gasteiger partial charge in [0, 0.05) is 5.56 Å². The van der Waals surface area contributed by atoms with Crippen LogP contribution in [0.25, 0.3) is 0 Å². The van der Waals surface area contributed by atoms with Crippen LogP contribution in [0.5, 0.6) is 0 Å². The molecule has 0 fully saturated rings. The number of carbonyl (C=O) groups excluding carboxylic acids is 1. The van der Waals surface area contributed by atoms with Crippen LogP contribution in [0.15, 0.2) is 60.7 Å². The molecule has 0 aliphatic carbocycles. The Balaban J connectivity index is 2.17. The van der Waals surface area contributed by atoms with Crippen LogP contribution < -0.4 is 0 Å². The average molecular weight is 312 g/mol. The van der Waals surface area contributed by atoms with Gasteiger partial charge in [-0.25, -0.2) is 4.79 Å². The first-order valence-electron chi connectivity index (χ1n) is 8.22. The maximum atomic E-state index is 12.3. The zero-order valence-corrected chi connectivity index (χ0v) is 14.2. The molecule has 23 heavy (non-hydrogen) atoms. The normalized spacial score (nSPS) is 12.7. The fraction of sp³-hybridized carbons (Fsp3) is 0.350. The first-order chi connectivity index (χ1) is 11.1. The highest BCUT2D eigenvalue weighted by Crippen LogP contribution is 2.27. The first-order valence-corrected chi connectivity index (χ1v) is 8.22. The summed E-state index contributed by atoms with van der Waals surface area (Å²) in [5.41, 5.74) is 1.81. The third kappa shape index (κ3) is 4.20. The minimum Gasteiger partial charge on any atom is -0.455 e. The van der Waals surface area contributed by atoms with Crippen molar-refractivity contribution < 1.29 is 14.0 Å². The molecule has 0 heterocycles. The van der Waals surface area contributed by atoms with E-state index >= 15 is 0 Å². The lowest BCUT2D eigenvalue weighted by atomic mass is 10.0. The fourth-order valence-corrected chi connectivity index (χ4v) is 2.79. The Morgan fingerprint density at radius 3 is 2.00 bits per heavy atom. The van der Waals surface area contributed by atoms with E-state index in [1.807, 2.05) is 36.4 Å². The molecule has 3 heteroatoms. The van der Waals surface area contributed by atoms with Crippen molar-refractivity contribution in [1.29, 1.82) is 0 Å². The van der Waals surface area contributed by atoms with Gasteiger partial charge in [0.15, 0.2) is 0 Å². The lowest BCUT2D eigenvalue weighted by molar-refractivity contribution is -0.936. The first kappa shape index (κ1) is 17.2. The van der Waals surface area contributed by atoms with Crippen LogP contribution in [0.1, 0.15) is 35.8 Å². The molecule has 0 bridgehead atoms. The predicted octanol–water partition coefficient (Wildman–Crippen LogP) is 4.07. The summed E-state index contributed by atoms with van der Waals surface area (Å²) in [6.45, 7) is 6.71. The maximum absolute atomic E-state index is 12.3. The maximum Gasteiger partial charge on any atom is 0.338 e. The number of hydrogen-bond acceptors (Lipinski definition) is 2. The molecule has 1 unspecified atom stereocenters. The number of hydrogen-bond donors (Lipinski definition) is 0. The summed E-state index contributed by atoms with van der Waals surface area (Å²) in [6, 6.07) is 19.6. The second-order valence-corrected chi connectivity index (χ2v) is 6.00. The highest BCUT2D eigenvalue weighted by atomic mass is 16.5. The molecule has 122 valence electrons. The van der Waals surface area contributed by atoms with Crippen molar-refractivity contribution in [2.75, 3.05) is 26.7 Å². The van der Waals surface area contributed by atoms with Crippen molar-refractivity contribution >= 4 is 5.97 Å². The summed E-state index contributed by atoms with van der Waals surface area (Å²) in [7, 11) is 2.22. The van der Waals surface area contributed by atoms with E-state index in [-0.39, 0.29) is 12.0 Å². The molecule has 0 radical (unpaired) electrons. The monoisotopic (exact) mass is 312 g/mol. The van der Waals surface area contributed by atoms with Gasteiger partial charge in [-0.3, -0.25) is 0 Å². The number of nitrogens with zero attached hydrogens (tertiary/aromatic N) is 1. The van der Waals surface area contributed by atoms with E-state index in [2.05, 4.69) is 33.0 Å². The molecule has 2 rings (SSSR count). The molecule has 2 aromatic rings. The standard InChI is InChI=1S/C20H26NO2/c1-4-21(3,5-2)19(17-12-8-6-9-13-17)16-23-20(22)18-14-10-7-11-15-18/h6-15,19H,4-5,16H2,1-3H3/q+1. The summed E-state index contributed by atoms with van der Waals surface area (Å²) in [5.74, 6) is -0.259. The second kappa shape index (κ2) is 7.93. The Hall–Kier alpha value is -2.13. The quantitative estimate of drug-likeness (QED) is 0.569. The van der Waals surface area contributed by atoms with Gasteiger partial charge in [0.05, 0.1) is 25.7 Å². The van der Waals surface area contributed by atoms with Crippen LogP contribution in [0, 0.1) is 0 Å². The number of rotatable bonds is 7. The Bertz CT molecular complexity index is 606. The second-order valence-electron chi connectivity index (χ2n) is 6.00. The molecule has 3 nitrogen and oxygen atoms in total. The molecule has 0 aromatic heterocycles. The third-order valence-corrected chi connectivity index (χ3v) is 4.76. The van der Waals surface area contributed by atoms with Crippen LogP contribution >= 0.6 is 0 Å². The smallest absolute Gasteiger partial charge is 0.338 e. The van der Waals surface area contributed by atoms with Crippen molar-refractivity contribution in [2.24, 2.45) is 0 Å². The molecule has 0 aliphatic rings. The summed E-state index contributed by atoms with van der Waals surface area (Å²) in [6.07, 6.45) is 0. The molecule has 0 amide bonds. The Kier molecular flexibility index (Phi) is 5.94. The molecule has 2 aromatic carbocycles. The summed E-state index contributed by atoms with van der Waals surface area (Å²) >= 11 is 0. The highest BCUT2D eigenvalue weighted by Gasteiger charge is 2.32. The molecular weight excluding hydrogens is 286 g/mol. The van der Waals surface area contributed by atoms with E-state index in [4.69, 9.17) is 4.74 Å². The Morgan fingerprint density at radius 2 is 1.48 bits per heavy atom. The van der Waals surface area contributed by atoms with Crippen LogP contribution in [-0.2, 0) is 4.74 Å². The molecule has 0 aliphatic heterocycles. The van der Waals surface area contributed by atoms with Gasteiger partial charge in [0.25, 0.3) is 0 Å². The summed E-state index contributed by atoms with van der Waals surface area (Å²) in [4.78, 5) is 12.3. The van der Waals surface area contributed by atoms with Crippen LogP contribution in [-0.4, -0.2) is 37.2 Å². The zero-order valence-electron chi connectivity index (χ0n) is 14.2. The van der Waals surface area contributed by atoms with Crippen molar-refractivity contribution in [3.05, 3.63) is 71.8 Å². The number of esters is 1. The van der Waals surface area contributed by atoms with Gasteiger partial charge in [0.1, 0.15) is 12.6 Å². The molecule has 0 spiro atoms. The van der Waals surface area contributed by atoms with Crippen molar-refractivity contribution in [2.45, 2.75) is 19.9 Å². The lowest BCUT2D eigenvalue weighted by Crippen LogP contribution is -2.48. The minimum atomic E-state index is -0.259. The Morgan fingerprint density at radius 1 is 0.957 bits per heavy atom. The largest absolute Gasteiger partial charge is 0.455 e. The van der Waals surface area contributed by atoms with Gasteiger partial charge in [-0.1, -0.05) is 48.5 Å². The summed E-state index contributed by atoms with van der Waals surface area (Å²) < 4.78 is 6.48. The van der Waals surface area contributed by atoms with Crippen LogP contribution in [0.3, 0.4) is 0 Å². The number of likely N-dealkylation sites (N-methyl/N-ethyl adjacent to an activating group) is 1. The van der Waals surface area contributed by atoms with Gasteiger partial charge >= 0.3 is 5.97 Å². The van der Waals surface area contributed by atoms with E-state index in [0.717, 1.165) is 17.6 Å². The van der Waals surface area contributed by atoms with Crippen LogP contribution in [0.4, 0.5) is 0 Å². The van der Waals surface area contributed by atoms with Crippen molar-refractivity contribution in [3.8, 4) is 0 Å². The molecule has 0 saturated carbocycles. The minimum absolute atomic E-state index is 0.138. The van der Waals surface area contributed by atoms with Gasteiger partial charge in [0.2, 0.25) is 0 Å². The van der Waals surface area contributed by atoms with E-state index < -0.39 is 0 Å². The van der Waals surface area contributed by atoms with Gasteiger partial charge in [-0.2, -0.15) is 0 Å². The molecule has 0 saturated heterocycles. The lowest BCUT2D eigenvalue weighted by Gasteiger charge is -2.40. The van der Waals surface area contributed by atoms with Gasteiger partial charge in [-0.05, 0) is 26.0 Å². The van der Waals surface area contributed by atoms with Crippen molar-refractivity contribution in [3.63, 3.8) is 0 Å². The molecule has 0 N–H and O–H groups in total. The number of benzene rings is 2. The summed E-state index contributed by atoms with van der Waals surface area (Å²) in [5, 5.41) is 0. The molecular formula is C20H26NO2+. The third-order valence-electron chi connectivity index (χ3n) is 4.76. The van der Waals surface area contributed by atoms with E-state index in [9.17, 15) is 4.79 Å².